The van der Waals surface area contributed by atoms with E-state index in [0.29, 0.717) is 5.75 Å². The Kier molecular flexibility index (Phi) is 3.29. The molecule has 0 amide bonds. The molecule has 0 fully saturated rings. The number of aryl methyl sites for hydroxylation is 1. The van der Waals surface area contributed by atoms with Crippen molar-refractivity contribution in [3.8, 4) is 5.75 Å². The highest BCUT2D eigenvalue weighted by Gasteiger charge is 2.02. The van der Waals surface area contributed by atoms with Crippen molar-refractivity contribution in [3.05, 3.63) is 35.4 Å². The molecule has 74 valence electrons. The number of methoxy groups -OCH3 is 1. The Morgan fingerprint density at radius 1 is 1.50 bits per heavy atom. The highest BCUT2D eigenvalue weighted by molar-refractivity contribution is 5.86. The van der Waals surface area contributed by atoms with E-state index in [1.165, 1.54) is 6.08 Å². The maximum atomic E-state index is 10.4. The van der Waals surface area contributed by atoms with Gasteiger partial charge in [0, 0.05) is 11.6 Å². The second-order valence-corrected chi connectivity index (χ2v) is 2.86. The third-order valence-electron chi connectivity index (χ3n) is 1.90. The lowest BCUT2D eigenvalue weighted by molar-refractivity contribution is -0.131. The largest absolute Gasteiger partial charge is 0.496 e. The van der Waals surface area contributed by atoms with Crippen molar-refractivity contribution in [1.29, 1.82) is 0 Å². The summed E-state index contributed by atoms with van der Waals surface area (Å²) in [5.41, 5.74) is 1.79. The van der Waals surface area contributed by atoms with E-state index < -0.39 is 5.97 Å². The van der Waals surface area contributed by atoms with Gasteiger partial charge < -0.3 is 9.84 Å². The van der Waals surface area contributed by atoms with Crippen LogP contribution in [0.15, 0.2) is 24.3 Å². The predicted octanol–water partition coefficient (Wildman–Crippen LogP) is 2.10. The molecule has 1 N–H and O–H groups in total. The molecule has 0 saturated heterocycles. The van der Waals surface area contributed by atoms with Crippen molar-refractivity contribution in [2.75, 3.05) is 7.11 Å². The molecule has 0 bridgehead atoms. The first-order valence-electron chi connectivity index (χ1n) is 4.19. The smallest absolute Gasteiger partial charge is 0.328 e. The number of aliphatic carboxylic acids is 1. The highest BCUT2D eigenvalue weighted by atomic mass is 16.5. The monoisotopic (exact) mass is 192 g/mol. The fourth-order valence-electron chi connectivity index (χ4n) is 1.20. The van der Waals surface area contributed by atoms with E-state index in [1.807, 2.05) is 19.1 Å². The molecule has 14 heavy (non-hydrogen) atoms. The minimum Gasteiger partial charge on any atom is -0.496 e. The van der Waals surface area contributed by atoms with Gasteiger partial charge in [-0.1, -0.05) is 12.1 Å². The van der Waals surface area contributed by atoms with Crippen LogP contribution in [-0.2, 0) is 4.79 Å². The molecular formula is C11H12O3. The first-order valence-corrected chi connectivity index (χ1v) is 4.19. The van der Waals surface area contributed by atoms with Crippen molar-refractivity contribution in [2.24, 2.45) is 0 Å². The van der Waals surface area contributed by atoms with Crippen LogP contribution in [0.5, 0.6) is 5.75 Å². The molecule has 0 aliphatic carbocycles. The van der Waals surface area contributed by atoms with Gasteiger partial charge in [-0.3, -0.25) is 0 Å². The van der Waals surface area contributed by atoms with Crippen molar-refractivity contribution < 1.29 is 14.6 Å². The zero-order valence-electron chi connectivity index (χ0n) is 8.15. The van der Waals surface area contributed by atoms with Crippen LogP contribution in [0.4, 0.5) is 0 Å². The third-order valence-corrected chi connectivity index (χ3v) is 1.90. The van der Waals surface area contributed by atoms with Crippen LogP contribution < -0.4 is 4.74 Å². The molecule has 1 rings (SSSR count). The van der Waals surface area contributed by atoms with Gasteiger partial charge in [0.25, 0.3) is 0 Å². The van der Waals surface area contributed by atoms with Gasteiger partial charge >= 0.3 is 5.97 Å². The van der Waals surface area contributed by atoms with Gasteiger partial charge in [0.15, 0.2) is 0 Å². The Hall–Kier alpha value is -1.77. The van der Waals surface area contributed by atoms with Crippen LogP contribution in [0.1, 0.15) is 11.1 Å². The van der Waals surface area contributed by atoms with Crippen LogP contribution in [0.2, 0.25) is 0 Å². The molecule has 0 atom stereocenters. The van der Waals surface area contributed by atoms with Gasteiger partial charge in [-0.2, -0.15) is 0 Å². The Morgan fingerprint density at radius 3 is 2.79 bits per heavy atom. The van der Waals surface area contributed by atoms with Gasteiger partial charge in [-0.25, -0.2) is 4.79 Å². The Balaban J connectivity index is 3.11. The third kappa shape index (κ3) is 2.36. The maximum Gasteiger partial charge on any atom is 0.328 e. The van der Waals surface area contributed by atoms with Crippen LogP contribution in [-0.4, -0.2) is 18.2 Å². The second kappa shape index (κ2) is 4.46. The van der Waals surface area contributed by atoms with E-state index in [-0.39, 0.29) is 0 Å². The molecule has 0 radical (unpaired) electrons. The molecule has 0 aliphatic heterocycles. The lowest BCUT2D eigenvalue weighted by Gasteiger charge is -2.06. The van der Waals surface area contributed by atoms with Crippen molar-refractivity contribution in [1.82, 2.24) is 0 Å². The van der Waals surface area contributed by atoms with Crippen LogP contribution >= 0.6 is 0 Å². The van der Waals surface area contributed by atoms with E-state index in [1.54, 1.807) is 13.2 Å². The number of hydrogen-bond acceptors (Lipinski definition) is 2. The Morgan fingerprint density at radius 2 is 2.21 bits per heavy atom. The lowest BCUT2D eigenvalue weighted by Crippen LogP contribution is -1.91. The minimum atomic E-state index is -0.963. The van der Waals surface area contributed by atoms with E-state index in [9.17, 15) is 4.79 Å². The van der Waals surface area contributed by atoms with Crippen molar-refractivity contribution in [2.45, 2.75) is 6.92 Å². The molecular weight excluding hydrogens is 180 g/mol. The Bertz CT molecular complexity index is 367. The average molecular weight is 192 g/mol. The Labute approximate surface area is 82.6 Å². The van der Waals surface area contributed by atoms with Gasteiger partial charge in [0.1, 0.15) is 5.75 Å². The van der Waals surface area contributed by atoms with Crippen molar-refractivity contribution >= 4 is 12.0 Å². The number of carboxylic acid groups (broad SMARTS) is 1. The molecule has 0 saturated carbocycles. The molecule has 0 unspecified atom stereocenters. The van der Waals surface area contributed by atoms with E-state index in [4.69, 9.17) is 9.84 Å². The average Bonchev–Trinajstić information content (AvgIpc) is 2.15. The summed E-state index contributed by atoms with van der Waals surface area (Å²) in [6, 6.07) is 5.57. The van der Waals surface area contributed by atoms with Gasteiger partial charge in [-0.15, -0.1) is 0 Å². The minimum absolute atomic E-state index is 0.683. The summed E-state index contributed by atoms with van der Waals surface area (Å²) >= 11 is 0. The van der Waals surface area contributed by atoms with Gasteiger partial charge in [0.05, 0.1) is 7.11 Å². The summed E-state index contributed by atoms with van der Waals surface area (Å²) < 4.78 is 5.11. The number of hydrogen-bond donors (Lipinski definition) is 1. The molecule has 0 aromatic heterocycles. The second-order valence-electron chi connectivity index (χ2n) is 2.86. The number of carboxylic acids is 1. The molecule has 1 aromatic carbocycles. The fraction of sp³-hybridized carbons (Fsp3) is 0.182. The number of rotatable bonds is 3. The first kappa shape index (κ1) is 10.3. The number of carbonyl (C=O) groups is 1. The number of ether oxygens (including phenoxy) is 1. The molecule has 0 heterocycles. The summed E-state index contributed by atoms with van der Waals surface area (Å²) in [7, 11) is 1.56. The number of benzene rings is 1. The molecule has 1 aromatic rings. The molecule has 3 nitrogen and oxygen atoms in total. The summed E-state index contributed by atoms with van der Waals surface area (Å²) in [5.74, 6) is -0.280. The zero-order chi connectivity index (χ0) is 10.6. The summed E-state index contributed by atoms with van der Waals surface area (Å²) in [4.78, 5) is 10.4. The summed E-state index contributed by atoms with van der Waals surface area (Å²) in [5, 5.41) is 8.50. The van der Waals surface area contributed by atoms with Crippen LogP contribution in [0.3, 0.4) is 0 Å². The van der Waals surface area contributed by atoms with Gasteiger partial charge in [0.2, 0.25) is 0 Å². The van der Waals surface area contributed by atoms with E-state index >= 15 is 0 Å². The highest BCUT2D eigenvalue weighted by Crippen LogP contribution is 2.22. The topological polar surface area (TPSA) is 46.5 Å². The van der Waals surface area contributed by atoms with E-state index in [2.05, 4.69) is 0 Å². The standard InChI is InChI=1S/C11H12O3/c1-8-4-3-5-10(14-2)9(8)6-7-11(12)13/h3-7H,1-2H3,(H,12,13)/b7-6+. The molecule has 0 aliphatic rings. The van der Waals surface area contributed by atoms with E-state index in [0.717, 1.165) is 17.2 Å². The summed E-state index contributed by atoms with van der Waals surface area (Å²) in [6.45, 7) is 1.91. The first-order chi connectivity index (χ1) is 6.65. The predicted molar refractivity (Wildman–Crippen MR) is 54.4 cm³/mol. The summed E-state index contributed by atoms with van der Waals surface area (Å²) in [6.07, 6.45) is 2.64. The SMILES string of the molecule is COc1cccc(C)c1/C=C/C(=O)O. The van der Waals surface area contributed by atoms with Crippen LogP contribution in [0, 0.1) is 6.92 Å². The van der Waals surface area contributed by atoms with Crippen LogP contribution in [0.25, 0.3) is 6.08 Å². The molecule has 0 spiro atoms. The normalized spacial score (nSPS) is 10.4. The van der Waals surface area contributed by atoms with Gasteiger partial charge in [-0.05, 0) is 24.6 Å². The van der Waals surface area contributed by atoms with Crippen molar-refractivity contribution in [3.63, 3.8) is 0 Å². The lowest BCUT2D eigenvalue weighted by atomic mass is 10.1. The fourth-order valence-corrected chi connectivity index (χ4v) is 1.20. The molecule has 3 heteroatoms. The zero-order valence-corrected chi connectivity index (χ0v) is 8.15. The quantitative estimate of drug-likeness (QED) is 0.746. The maximum absolute atomic E-state index is 10.4.